The van der Waals surface area contributed by atoms with Gasteiger partial charge in [-0.05, 0) is 35.4 Å². The van der Waals surface area contributed by atoms with Crippen LogP contribution in [0.4, 0.5) is 5.69 Å². The molecule has 0 saturated carbocycles. The van der Waals surface area contributed by atoms with Crippen molar-refractivity contribution in [3.05, 3.63) is 101 Å². The number of amides is 1. The highest BCUT2D eigenvalue weighted by molar-refractivity contribution is 8.15. The van der Waals surface area contributed by atoms with Crippen molar-refractivity contribution in [1.82, 2.24) is 4.90 Å². The van der Waals surface area contributed by atoms with E-state index in [4.69, 9.17) is 11.6 Å². The summed E-state index contributed by atoms with van der Waals surface area (Å²) in [5.74, 6) is -1.35. The Morgan fingerprint density at radius 2 is 1.56 bits per heavy atom. The Balaban J connectivity index is 1.72. The van der Waals surface area contributed by atoms with Crippen LogP contribution in [0.2, 0.25) is 5.02 Å². The maximum Gasteiger partial charge on any atom is 0.317 e. The van der Waals surface area contributed by atoms with E-state index in [1.165, 1.54) is 0 Å². The van der Waals surface area contributed by atoms with Crippen molar-refractivity contribution in [3.8, 4) is 0 Å². The van der Waals surface area contributed by atoms with Gasteiger partial charge < -0.3 is 5.11 Å². The average Bonchev–Trinajstić information content (AvgIpc) is 2.81. The van der Waals surface area contributed by atoms with Crippen LogP contribution in [-0.2, 0) is 9.59 Å². The molecule has 7 heteroatoms. The molecule has 0 aliphatic carbocycles. The second kappa shape index (κ2) is 10.0. The van der Waals surface area contributed by atoms with Gasteiger partial charge in [-0.2, -0.15) is 0 Å². The topological polar surface area (TPSA) is 70.0 Å². The standard InChI is InChI=1S/C25H21ClN2O3S/c26-19-11-13-20(14-12-19)27-25-28(23(29)15-22(32-25)24(30)31)16-21(17-7-3-1-4-8-17)18-9-5-2-6-10-18/h1-14,21-22H,15-16H2,(H,30,31)/t22-/m0/s1. The minimum absolute atomic E-state index is 0.0735. The summed E-state index contributed by atoms with van der Waals surface area (Å²) in [6, 6.07) is 26.9. The summed E-state index contributed by atoms with van der Waals surface area (Å²) >= 11 is 7.08. The largest absolute Gasteiger partial charge is 0.480 e. The summed E-state index contributed by atoms with van der Waals surface area (Å²) in [6.07, 6.45) is -0.0735. The molecule has 1 saturated heterocycles. The highest BCUT2D eigenvalue weighted by Crippen LogP contribution is 2.33. The molecule has 1 atom stereocenters. The number of hydrogen-bond donors (Lipinski definition) is 1. The Morgan fingerprint density at radius 3 is 2.09 bits per heavy atom. The van der Waals surface area contributed by atoms with Gasteiger partial charge in [0.05, 0.1) is 12.1 Å². The van der Waals surface area contributed by atoms with Gasteiger partial charge in [-0.1, -0.05) is 84.0 Å². The third kappa shape index (κ3) is 5.21. The fourth-order valence-electron chi connectivity index (χ4n) is 3.59. The molecule has 1 heterocycles. The van der Waals surface area contributed by atoms with Gasteiger partial charge in [0.15, 0.2) is 5.17 Å². The number of hydrogen-bond acceptors (Lipinski definition) is 4. The van der Waals surface area contributed by atoms with Crippen LogP contribution in [0.25, 0.3) is 0 Å². The van der Waals surface area contributed by atoms with Crippen LogP contribution in [0.1, 0.15) is 23.5 Å². The monoisotopic (exact) mass is 464 g/mol. The molecule has 3 aromatic carbocycles. The van der Waals surface area contributed by atoms with E-state index >= 15 is 0 Å². The molecule has 1 N–H and O–H groups in total. The van der Waals surface area contributed by atoms with Crippen molar-refractivity contribution in [2.24, 2.45) is 4.99 Å². The van der Waals surface area contributed by atoms with Gasteiger partial charge in [-0.25, -0.2) is 4.99 Å². The number of aliphatic carboxylic acids is 1. The molecule has 1 amide bonds. The van der Waals surface area contributed by atoms with Crippen LogP contribution >= 0.6 is 23.4 Å². The van der Waals surface area contributed by atoms with Gasteiger partial charge in [0.25, 0.3) is 0 Å². The lowest BCUT2D eigenvalue weighted by atomic mass is 9.91. The number of thioether (sulfide) groups is 1. The lowest BCUT2D eigenvalue weighted by Gasteiger charge is -2.33. The summed E-state index contributed by atoms with van der Waals surface area (Å²) in [4.78, 5) is 31.0. The zero-order valence-corrected chi connectivity index (χ0v) is 18.7. The van der Waals surface area contributed by atoms with Gasteiger partial charge in [0.1, 0.15) is 5.25 Å². The zero-order valence-electron chi connectivity index (χ0n) is 17.1. The fraction of sp³-hybridized carbons (Fsp3) is 0.160. The first-order chi connectivity index (χ1) is 15.5. The number of benzene rings is 3. The third-order valence-electron chi connectivity index (χ3n) is 5.24. The number of amidine groups is 1. The van der Waals surface area contributed by atoms with Crippen molar-refractivity contribution in [2.75, 3.05) is 6.54 Å². The highest BCUT2D eigenvalue weighted by atomic mass is 35.5. The molecule has 32 heavy (non-hydrogen) atoms. The number of rotatable bonds is 6. The molecule has 0 unspecified atom stereocenters. The van der Waals surface area contributed by atoms with E-state index in [1.54, 1.807) is 29.2 Å². The second-order valence-corrected chi connectivity index (χ2v) is 9.00. The van der Waals surface area contributed by atoms with Crippen molar-refractivity contribution in [3.63, 3.8) is 0 Å². The SMILES string of the molecule is O=C(O)[C@@H]1CC(=O)N(CC(c2ccccc2)c2ccccc2)C(=Nc2ccc(Cl)cc2)S1. The maximum atomic E-state index is 13.1. The van der Waals surface area contributed by atoms with Gasteiger partial charge >= 0.3 is 5.97 Å². The number of carbonyl (C=O) groups excluding carboxylic acids is 1. The number of carbonyl (C=O) groups is 2. The Morgan fingerprint density at radius 1 is 1.00 bits per heavy atom. The summed E-state index contributed by atoms with van der Waals surface area (Å²) in [5.41, 5.74) is 2.75. The van der Waals surface area contributed by atoms with Crippen LogP contribution in [0, 0.1) is 0 Å². The summed E-state index contributed by atoms with van der Waals surface area (Å²) in [6.45, 7) is 0.360. The molecule has 0 aromatic heterocycles. The molecule has 5 nitrogen and oxygen atoms in total. The van der Waals surface area contributed by atoms with E-state index in [9.17, 15) is 14.7 Å². The van der Waals surface area contributed by atoms with Gasteiger partial charge in [-0.3, -0.25) is 14.5 Å². The lowest BCUT2D eigenvalue weighted by molar-refractivity contribution is -0.139. The third-order valence-corrected chi connectivity index (χ3v) is 6.66. The minimum Gasteiger partial charge on any atom is -0.480 e. The normalized spacial score (nSPS) is 17.7. The average molecular weight is 465 g/mol. The van der Waals surface area contributed by atoms with E-state index in [0.29, 0.717) is 22.4 Å². The lowest BCUT2D eigenvalue weighted by Crippen LogP contribution is -2.45. The number of halogens is 1. The molecule has 1 fully saturated rings. The predicted molar refractivity (Wildman–Crippen MR) is 129 cm³/mol. The molecule has 3 aromatic rings. The number of aliphatic imine (C=N–C) groups is 1. The van der Waals surface area contributed by atoms with E-state index in [2.05, 4.69) is 4.99 Å². The Bertz CT molecular complexity index is 1080. The van der Waals surface area contributed by atoms with Crippen molar-refractivity contribution < 1.29 is 14.7 Å². The van der Waals surface area contributed by atoms with Crippen LogP contribution < -0.4 is 0 Å². The van der Waals surface area contributed by atoms with E-state index < -0.39 is 11.2 Å². The van der Waals surface area contributed by atoms with Gasteiger partial charge in [0.2, 0.25) is 5.91 Å². The second-order valence-electron chi connectivity index (χ2n) is 7.40. The molecular weight excluding hydrogens is 444 g/mol. The van der Waals surface area contributed by atoms with Crippen LogP contribution in [0.3, 0.4) is 0 Å². The first-order valence-corrected chi connectivity index (χ1v) is 11.4. The van der Waals surface area contributed by atoms with Crippen molar-refractivity contribution in [2.45, 2.75) is 17.6 Å². The predicted octanol–water partition coefficient (Wildman–Crippen LogP) is 5.58. The Kier molecular flexibility index (Phi) is 6.93. The minimum atomic E-state index is -1.02. The molecule has 1 aliphatic rings. The Hall–Kier alpha value is -3.09. The first-order valence-electron chi connectivity index (χ1n) is 10.2. The van der Waals surface area contributed by atoms with E-state index in [1.807, 2.05) is 60.7 Å². The van der Waals surface area contributed by atoms with Crippen LogP contribution in [0.5, 0.6) is 0 Å². The van der Waals surface area contributed by atoms with Crippen LogP contribution in [-0.4, -0.2) is 38.8 Å². The number of carboxylic acids is 1. The van der Waals surface area contributed by atoms with Crippen molar-refractivity contribution in [1.29, 1.82) is 0 Å². The highest BCUT2D eigenvalue weighted by Gasteiger charge is 2.37. The van der Waals surface area contributed by atoms with Crippen LogP contribution in [0.15, 0.2) is 89.9 Å². The molecule has 1 aliphatic heterocycles. The summed E-state index contributed by atoms with van der Waals surface area (Å²) in [7, 11) is 0. The summed E-state index contributed by atoms with van der Waals surface area (Å²) < 4.78 is 0. The molecule has 162 valence electrons. The summed E-state index contributed by atoms with van der Waals surface area (Å²) in [5, 5.41) is 9.63. The molecule has 0 radical (unpaired) electrons. The van der Waals surface area contributed by atoms with E-state index in [0.717, 1.165) is 22.9 Å². The van der Waals surface area contributed by atoms with Gasteiger partial charge in [-0.15, -0.1) is 0 Å². The molecule has 4 rings (SSSR count). The molecule has 0 bridgehead atoms. The molecule has 0 spiro atoms. The smallest absolute Gasteiger partial charge is 0.317 e. The quantitative estimate of drug-likeness (QED) is 0.517. The maximum absolute atomic E-state index is 13.1. The fourth-order valence-corrected chi connectivity index (χ4v) is 4.76. The first kappa shape index (κ1) is 22.1. The molecular formula is C25H21ClN2O3S. The van der Waals surface area contributed by atoms with Crippen molar-refractivity contribution >= 4 is 46.1 Å². The van der Waals surface area contributed by atoms with E-state index in [-0.39, 0.29) is 18.2 Å². The Labute approximate surface area is 195 Å². The zero-order chi connectivity index (χ0) is 22.5. The van der Waals surface area contributed by atoms with Gasteiger partial charge in [0, 0.05) is 17.5 Å². The number of carboxylic acid groups (broad SMARTS) is 1. The number of nitrogens with zero attached hydrogens (tertiary/aromatic N) is 2.